The van der Waals surface area contributed by atoms with Crippen molar-refractivity contribution < 1.29 is 9.52 Å². The van der Waals surface area contributed by atoms with Gasteiger partial charge in [-0.05, 0) is 49.3 Å². The Balaban J connectivity index is 1.88. The van der Waals surface area contributed by atoms with E-state index in [1.54, 1.807) is 4.57 Å². The summed E-state index contributed by atoms with van der Waals surface area (Å²) in [4.78, 5) is 11.7. The van der Waals surface area contributed by atoms with E-state index < -0.39 is 6.10 Å². The van der Waals surface area contributed by atoms with Gasteiger partial charge in [0.15, 0.2) is 5.58 Å². The fraction of sp³-hybridized carbons (Fsp3) is 0.588. The second-order valence-corrected chi connectivity index (χ2v) is 6.30. The molecular weight excluding hydrogens is 266 g/mol. The molecule has 0 saturated heterocycles. The molecule has 0 aliphatic heterocycles. The molecule has 1 aliphatic carbocycles. The summed E-state index contributed by atoms with van der Waals surface area (Å²) >= 11 is 0. The van der Waals surface area contributed by atoms with Gasteiger partial charge in [0, 0.05) is 6.54 Å². The van der Waals surface area contributed by atoms with E-state index in [1.165, 1.54) is 12.8 Å². The van der Waals surface area contributed by atoms with Gasteiger partial charge < -0.3 is 9.52 Å². The van der Waals surface area contributed by atoms with E-state index in [0.717, 1.165) is 29.8 Å². The zero-order valence-electron chi connectivity index (χ0n) is 12.7. The number of benzene rings is 1. The zero-order chi connectivity index (χ0) is 15.0. The van der Waals surface area contributed by atoms with Gasteiger partial charge in [-0.3, -0.25) is 4.57 Å². The highest BCUT2D eigenvalue weighted by Crippen LogP contribution is 2.37. The van der Waals surface area contributed by atoms with E-state index in [2.05, 4.69) is 6.92 Å². The Labute approximate surface area is 124 Å². The summed E-state index contributed by atoms with van der Waals surface area (Å²) in [6.45, 7) is 4.79. The van der Waals surface area contributed by atoms with E-state index >= 15 is 0 Å². The average Bonchev–Trinajstić information content (AvgIpc) is 2.81. The zero-order valence-corrected chi connectivity index (χ0v) is 12.7. The summed E-state index contributed by atoms with van der Waals surface area (Å²) < 4.78 is 6.89. The molecule has 4 nitrogen and oxygen atoms in total. The number of hydrogen-bond acceptors (Lipinski definition) is 3. The van der Waals surface area contributed by atoms with Crippen LogP contribution in [0.15, 0.2) is 27.4 Å². The van der Waals surface area contributed by atoms with Crippen LogP contribution in [-0.2, 0) is 6.54 Å². The van der Waals surface area contributed by atoms with Gasteiger partial charge in [-0.1, -0.05) is 25.8 Å². The maximum Gasteiger partial charge on any atom is 0.419 e. The van der Waals surface area contributed by atoms with Crippen LogP contribution in [0.25, 0.3) is 11.1 Å². The number of rotatable bonds is 3. The molecule has 3 rings (SSSR count). The van der Waals surface area contributed by atoms with Gasteiger partial charge in [-0.15, -0.1) is 0 Å². The van der Waals surface area contributed by atoms with Gasteiger partial charge in [0.25, 0.3) is 0 Å². The van der Waals surface area contributed by atoms with Crippen LogP contribution in [-0.4, -0.2) is 9.67 Å². The number of oxazole rings is 1. The molecule has 1 unspecified atom stereocenters. The van der Waals surface area contributed by atoms with E-state index in [9.17, 15) is 9.90 Å². The quantitative estimate of drug-likeness (QED) is 0.941. The Bertz CT molecular complexity index is 677. The molecule has 1 heterocycles. The molecule has 21 heavy (non-hydrogen) atoms. The summed E-state index contributed by atoms with van der Waals surface area (Å²) in [5, 5.41) is 10.6. The predicted octanol–water partition coefficient (Wildman–Crippen LogP) is 3.47. The van der Waals surface area contributed by atoms with Crippen molar-refractivity contribution in [2.45, 2.75) is 52.2 Å². The molecule has 1 aromatic carbocycles. The Morgan fingerprint density at radius 2 is 2.05 bits per heavy atom. The van der Waals surface area contributed by atoms with Crippen LogP contribution in [0.5, 0.6) is 0 Å². The highest BCUT2D eigenvalue weighted by molar-refractivity contribution is 5.73. The molecule has 0 radical (unpaired) electrons. The van der Waals surface area contributed by atoms with Crippen LogP contribution >= 0.6 is 0 Å². The largest absolute Gasteiger partial charge is 0.419 e. The minimum absolute atomic E-state index is 0.318. The molecule has 1 aromatic heterocycles. The highest BCUT2D eigenvalue weighted by atomic mass is 16.4. The summed E-state index contributed by atoms with van der Waals surface area (Å²) in [5.41, 5.74) is 2.23. The van der Waals surface area contributed by atoms with Crippen molar-refractivity contribution in [1.82, 2.24) is 4.57 Å². The number of fused-ring (bicyclic) bond motifs is 1. The Morgan fingerprint density at radius 1 is 1.33 bits per heavy atom. The number of nitrogens with zero attached hydrogens (tertiary/aromatic N) is 1. The standard InChI is InChI=1S/C17H23NO3/c1-3-18-14-9-8-13(10-15(14)21-17(18)20)16(19)12-6-4-11(2)5-7-12/h8-12,16,19H,3-7H2,1-2H3. The third kappa shape index (κ3) is 2.64. The molecule has 1 aliphatic rings. The highest BCUT2D eigenvalue weighted by Gasteiger charge is 2.26. The second-order valence-electron chi connectivity index (χ2n) is 6.30. The summed E-state index contributed by atoms with van der Waals surface area (Å²) in [7, 11) is 0. The van der Waals surface area contributed by atoms with Crippen molar-refractivity contribution in [3.63, 3.8) is 0 Å². The van der Waals surface area contributed by atoms with Crippen LogP contribution in [0.2, 0.25) is 0 Å². The number of aromatic nitrogens is 1. The third-order valence-electron chi connectivity index (χ3n) is 4.86. The van der Waals surface area contributed by atoms with Crippen LogP contribution < -0.4 is 5.76 Å². The first-order chi connectivity index (χ1) is 10.1. The first kappa shape index (κ1) is 14.4. The molecule has 1 fully saturated rings. The van der Waals surface area contributed by atoms with E-state index in [1.807, 2.05) is 25.1 Å². The molecular formula is C17H23NO3. The van der Waals surface area contributed by atoms with Gasteiger partial charge in [-0.2, -0.15) is 0 Å². The SMILES string of the molecule is CCn1c(=O)oc2cc(C(O)C3CCC(C)CC3)ccc21. The van der Waals surface area contributed by atoms with Crippen molar-refractivity contribution in [3.05, 3.63) is 34.3 Å². The van der Waals surface area contributed by atoms with Gasteiger partial charge in [0.1, 0.15) is 0 Å². The monoisotopic (exact) mass is 289 g/mol. The second kappa shape index (κ2) is 5.68. The third-order valence-corrected chi connectivity index (χ3v) is 4.86. The fourth-order valence-corrected chi connectivity index (χ4v) is 3.44. The first-order valence-electron chi connectivity index (χ1n) is 7.91. The van der Waals surface area contributed by atoms with E-state index in [-0.39, 0.29) is 5.76 Å². The average molecular weight is 289 g/mol. The lowest BCUT2D eigenvalue weighted by atomic mass is 9.78. The first-order valence-corrected chi connectivity index (χ1v) is 7.91. The molecule has 4 heteroatoms. The summed E-state index contributed by atoms with van der Waals surface area (Å²) in [6, 6.07) is 5.63. The van der Waals surface area contributed by atoms with Gasteiger partial charge in [0.2, 0.25) is 0 Å². The predicted molar refractivity (Wildman–Crippen MR) is 82.2 cm³/mol. The molecule has 1 atom stereocenters. The molecule has 1 N–H and O–H groups in total. The number of aryl methyl sites for hydroxylation is 1. The summed E-state index contributed by atoms with van der Waals surface area (Å²) in [6.07, 6.45) is 4.05. The smallest absolute Gasteiger partial charge is 0.408 e. The van der Waals surface area contributed by atoms with Crippen LogP contribution in [0.1, 0.15) is 51.2 Å². The molecule has 2 aromatic rings. The van der Waals surface area contributed by atoms with Crippen molar-refractivity contribution in [1.29, 1.82) is 0 Å². The fourth-order valence-electron chi connectivity index (χ4n) is 3.44. The molecule has 0 spiro atoms. The number of hydrogen-bond donors (Lipinski definition) is 1. The number of aliphatic hydroxyl groups is 1. The molecule has 114 valence electrons. The van der Waals surface area contributed by atoms with E-state index in [0.29, 0.717) is 18.0 Å². The lowest BCUT2D eigenvalue weighted by Gasteiger charge is -2.30. The maximum absolute atomic E-state index is 11.7. The van der Waals surface area contributed by atoms with Crippen molar-refractivity contribution in [2.75, 3.05) is 0 Å². The van der Waals surface area contributed by atoms with Gasteiger partial charge in [-0.25, -0.2) is 4.79 Å². The minimum atomic E-state index is -0.461. The van der Waals surface area contributed by atoms with Crippen molar-refractivity contribution in [2.24, 2.45) is 11.8 Å². The van der Waals surface area contributed by atoms with Gasteiger partial charge in [0.05, 0.1) is 11.6 Å². The van der Waals surface area contributed by atoms with E-state index in [4.69, 9.17) is 4.42 Å². The van der Waals surface area contributed by atoms with Crippen LogP contribution in [0.4, 0.5) is 0 Å². The molecule has 0 bridgehead atoms. The number of aliphatic hydroxyl groups excluding tert-OH is 1. The Hall–Kier alpha value is -1.55. The molecule has 1 saturated carbocycles. The molecule has 0 amide bonds. The van der Waals surface area contributed by atoms with Crippen LogP contribution in [0.3, 0.4) is 0 Å². The normalized spacial score (nSPS) is 24.3. The minimum Gasteiger partial charge on any atom is -0.408 e. The van der Waals surface area contributed by atoms with Crippen molar-refractivity contribution in [3.8, 4) is 0 Å². The van der Waals surface area contributed by atoms with Crippen LogP contribution in [0, 0.1) is 11.8 Å². The Morgan fingerprint density at radius 3 is 2.71 bits per heavy atom. The Kier molecular flexibility index (Phi) is 3.89. The topological polar surface area (TPSA) is 55.4 Å². The lowest BCUT2D eigenvalue weighted by Crippen LogP contribution is -2.19. The lowest BCUT2D eigenvalue weighted by molar-refractivity contribution is 0.0756. The maximum atomic E-state index is 11.7. The summed E-state index contributed by atoms with van der Waals surface area (Å²) in [5.74, 6) is 0.761. The van der Waals surface area contributed by atoms with Gasteiger partial charge >= 0.3 is 5.76 Å². The van der Waals surface area contributed by atoms with Crippen molar-refractivity contribution >= 4 is 11.1 Å².